The van der Waals surface area contributed by atoms with E-state index in [1.54, 1.807) is 6.07 Å². The van der Waals surface area contributed by atoms with Crippen molar-refractivity contribution < 1.29 is 14.4 Å². The van der Waals surface area contributed by atoms with Crippen molar-refractivity contribution in [3.05, 3.63) is 71.3 Å². The molecule has 0 spiro atoms. The molecule has 7 nitrogen and oxygen atoms in total. The summed E-state index contributed by atoms with van der Waals surface area (Å²) in [7, 11) is 0. The summed E-state index contributed by atoms with van der Waals surface area (Å²) in [5.74, 6) is -0.0666. The lowest BCUT2D eigenvalue weighted by Crippen LogP contribution is -2.39. The third-order valence-electron chi connectivity index (χ3n) is 5.86. The average molecular weight is 435 g/mol. The molecule has 2 N–H and O–H groups in total. The van der Waals surface area contributed by atoms with Crippen LogP contribution in [0.2, 0.25) is 0 Å². The minimum absolute atomic E-state index is 0.0440. The fourth-order valence-corrected chi connectivity index (χ4v) is 3.87. The Morgan fingerprint density at radius 2 is 1.66 bits per heavy atom. The van der Waals surface area contributed by atoms with Crippen molar-refractivity contribution in [2.75, 3.05) is 32.7 Å². The number of amides is 3. The van der Waals surface area contributed by atoms with Crippen LogP contribution >= 0.6 is 0 Å². The fourth-order valence-electron chi connectivity index (χ4n) is 3.87. The highest BCUT2D eigenvalue weighted by atomic mass is 16.2. The van der Waals surface area contributed by atoms with Crippen molar-refractivity contribution in [1.29, 1.82) is 0 Å². The Hall–Kier alpha value is -3.19. The maximum Gasteiger partial charge on any atom is 0.253 e. The lowest BCUT2D eigenvalue weighted by Gasteiger charge is -2.22. The quantitative estimate of drug-likeness (QED) is 0.699. The molecule has 2 aromatic carbocycles. The van der Waals surface area contributed by atoms with Gasteiger partial charge in [0.25, 0.3) is 11.8 Å². The van der Waals surface area contributed by atoms with Crippen LogP contribution in [0.4, 0.5) is 0 Å². The summed E-state index contributed by atoms with van der Waals surface area (Å²) < 4.78 is 0. The molecule has 3 amide bonds. The second-order valence-corrected chi connectivity index (χ2v) is 8.51. The van der Waals surface area contributed by atoms with E-state index < -0.39 is 0 Å². The first kappa shape index (κ1) is 22.0. The van der Waals surface area contributed by atoms with E-state index >= 15 is 0 Å². The molecule has 4 rings (SSSR count). The van der Waals surface area contributed by atoms with E-state index in [2.05, 4.69) is 15.5 Å². The predicted molar refractivity (Wildman–Crippen MR) is 122 cm³/mol. The summed E-state index contributed by atoms with van der Waals surface area (Å²) in [4.78, 5) is 41.3. The molecule has 0 atom stereocenters. The summed E-state index contributed by atoms with van der Waals surface area (Å²) in [5, 5.41) is 5.94. The van der Waals surface area contributed by atoms with Gasteiger partial charge in [0.05, 0.1) is 6.54 Å². The van der Waals surface area contributed by atoms with E-state index in [-0.39, 0.29) is 17.7 Å². The summed E-state index contributed by atoms with van der Waals surface area (Å²) in [6.07, 6.45) is 2.94. The highest BCUT2D eigenvalue weighted by molar-refractivity contribution is 5.95. The Morgan fingerprint density at radius 3 is 2.44 bits per heavy atom. The van der Waals surface area contributed by atoms with Gasteiger partial charge in [-0.25, -0.2) is 0 Å². The van der Waals surface area contributed by atoms with Crippen LogP contribution in [0.1, 0.15) is 45.5 Å². The van der Waals surface area contributed by atoms with Crippen LogP contribution in [0.5, 0.6) is 0 Å². The maximum absolute atomic E-state index is 12.7. The smallest absolute Gasteiger partial charge is 0.253 e. The number of benzene rings is 2. The van der Waals surface area contributed by atoms with Gasteiger partial charge in [0.15, 0.2) is 0 Å². The molecular formula is C25H30N4O3. The minimum atomic E-state index is -0.0557. The molecule has 168 valence electrons. The largest absolute Gasteiger partial charge is 0.351 e. The first-order valence-electron chi connectivity index (χ1n) is 11.3. The Balaban J connectivity index is 1.23. The molecule has 2 aliphatic rings. The minimum Gasteiger partial charge on any atom is -0.351 e. The Bertz CT molecular complexity index is 959. The van der Waals surface area contributed by atoms with Crippen LogP contribution in [-0.2, 0) is 11.3 Å². The monoisotopic (exact) mass is 434 g/mol. The number of rotatable bonds is 7. The zero-order valence-corrected chi connectivity index (χ0v) is 18.3. The maximum atomic E-state index is 12.7. The van der Waals surface area contributed by atoms with Gasteiger partial charge in [0.2, 0.25) is 5.91 Å². The lowest BCUT2D eigenvalue weighted by molar-refractivity contribution is -0.122. The van der Waals surface area contributed by atoms with Crippen LogP contribution in [0.15, 0.2) is 54.6 Å². The molecule has 0 unspecified atom stereocenters. The van der Waals surface area contributed by atoms with Crippen molar-refractivity contribution in [1.82, 2.24) is 20.4 Å². The Kier molecular flexibility index (Phi) is 7.17. The molecular weight excluding hydrogens is 404 g/mol. The third kappa shape index (κ3) is 6.17. The van der Waals surface area contributed by atoms with Crippen LogP contribution in [0.3, 0.4) is 0 Å². The van der Waals surface area contributed by atoms with E-state index in [4.69, 9.17) is 0 Å². The molecule has 1 aliphatic carbocycles. The molecule has 1 heterocycles. The number of carbonyl (C=O) groups excluding carboxylic acids is 3. The van der Waals surface area contributed by atoms with Crippen molar-refractivity contribution in [2.24, 2.45) is 0 Å². The van der Waals surface area contributed by atoms with Gasteiger partial charge in [-0.1, -0.05) is 30.3 Å². The lowest BCUT2D eigenvalue weighted by atomic mass is 10.1. The van der Waals surface area contributed by atoms with Gasteiger partial charge < -0.3 is 15.5 Å². The van der Waals surface area contributed by atoms with Gasteiger partial charge in [-0.05, 0) is 49.1 Å². The van der Waals surface area contributed by atoms with Crippen LogP contribution < -0.4 is 10.6 Å². The number of hydrogen-bond donors (Lipinski definition) is 2. The molecule has 1 saturated heterocycles. The number of nitrogens with one attached hydrogen (secondary N) is 2. The topological polar surface area (TPSA) is 81.8 Å². The van der Waals surface area contributed by atoms with Crippen LogP contribution in [-0.4, -0.2) is 66.3 Å². The highest BCUT2D eigenvalue weighted by Crippen LogP contribution is 2.19. The van der Waals surface area contributed by atoms with Gasteiger partial charge in [-0.2, -0.15) is 0 Å². The highest BCUT2D eigenvalue weighted by Gasteiger charge is 2.24. The van der Waals surface area contributed by atoms with Gasteiger partial charge in [-0.15, -0.1) is 0 Å². The molecule has 0 radical (unpaired) electrons. The standard InChI is InChI=1S/C25H30N4O3/c30-23(26-17-19-6-4-9-21(16-19)24(31)27-22-10-11-22)18-28-12-5-13-29(15-14-28)25(32)20-7-2-1-3-8-20/h1-4,6-9,16,22H,5,10-15,17-18H2,(H,26,30)(H,27,31). The zero-order chi connectivity index (χ0) is 22.3. The summed E-state index contributed by atoms with van der Waals surface area (Å²) in [6.45, 7) is 3.44. The molecule has 2 aromatic rings. The summed E-state index contributed by atoms with van der Waals surface area (Å²) in [6, 6.07) is 17.0. The fraction of sp³-hybridized carbons (Fsp3) is 0.400. The van der Waals surface area contributed by atoms with Crippen molar-refractivity contribution in [3.63, 3.8) is 0 Å². The molecule has 1 aliphatic heterocycles. The van der Waals surface area contributed by atoms with Gasteiger partial charge in [0, 0.05) is 49.9 Å². The molecule has 0 bridgehead atoms. The second kappa shape index (κ2) is 10.4. The number of nitrogens with zero attached hydrogens (tertiary/aromatic N) is 2. The first-order chi connectivity index (χ1) is 15.6. The third-order valence-corrected chi connectivity index (χ3v) is 5.86. The Labute approximate surface area is 188 Å². The molecule has 1 saturated carbocycles. The predicted octanol–water partition coefficient (Wildman–Crippen LogP) is 2.04. The van der Waals surface area contributed by atoms with Crippen molar-refractivity contribution in [3.8, 4) is 0 Å². The van der Waals surface area contributed by atoms with Gasteiger partial charge in [-0.3, -0.25) is 19.3 Å². The zero-order valence-electron chi connectivity index (χ0n) is 18.3. The van der Waals surface area contributed by atoms with Crippen molar-refractivity contribution in [2.45, 2.75) is 31.8 Å². The summed E-state index contributed by atoms with van der Waals surface area (Å²) >= 11 is 0. The number of hydrogen-bond acceptors (Lipinski definition) is 4. The SMILES string of the molecule is O=C(CN1CCCN(C(=O)c2ccccc2)CC1)NCc1cccc(C(=O)NC2CC2)c1. The van der Waals surface area contributed by atoms with Gasteiger partial charge >= 0.3 is 0 Å². The van der Waals surface area contributed by atoms with Crippen LogP contribution in [0, 0.1) is 0 Å². The van der Waals surface area contributed by atoms with E-state index in [9.17, 15) is 14.4 Å². The molecule has 7 heteroatoms. The average Bonchev–Trinajstić information content (AvgIpc) is 3.66. The second-order valence-electron chi connectivity index (χ2n) is 8.51. The first-order valence-corrected chi connectivity index (χ1v) is 11.3. The van der Waals surface area contributed by atoms with Crippen LogP contribution in [0.25, 0.3) is 0 Å². The van der Waals surface area contributed by atoms with E-state index in [1.807, 2.05) is 53.4 Å². The summed E-state index contributed by atoms with van der Waals surface area (Å²) in [5.41, 5.74) is 2.23. The number of carbonyl (C=O) groups is 3. The molecule has 32 heavy (non-hydrogen) atoms. The Morgan fingerprint density at radius 1 is 0.875 bits per heavy atom. The molecule has 0 aromatic heterocycles. The molecule has 2 fully saturated rings. The van der Waals surface area contributed by atoms with Gasteiger partial charge in [0.1, 0.15) is 0 Å². The van der Waals surface area contributed by atoms with Crippen molar-refractivity contribution >= 4 is 17.7 Å². The van der Waals surface area contributed by atoms with E-state index in [0.29, 0.717) is 49.9 Å². The normalized spacial score (nSPS) is 16.8. The van der Waals surface area contributed by atoms with E-state index in [0.717, 1.165) is 31.4 Å². The van der Waals surface area contributed by atoms with E-state index in [1.165, 1.54) is 0 Å².